The molecule has 0 bridgehead atoms. The van der Waals surface area contributed by atoms with Crippen molar-refractivity contribution in [1.29, 1.82) is 0 Å². The van der Waals surface area contributed by atoms with Gasteiger partial charge in [0.25, 0.3) is 5.91 Å². The predicted octanol–water partition coefficient (Wildman–Crippen LogP) is 1.23. The van der Waals surface area contributed by atoms with E-state index in [1.54, 1.807) is 36.7 Å². The Morgan fingerprint density at radius 1 is 1.12 bits per heavy atom. The van der Waals surface area contributed by atoms with Gasteiger partial charge in [-0.05, 0) is 36.2 Å². The van der Waals surface area contributed by atoms with Crippen molar-refractivity contribution < 1.29 is 14.4 Å². The van der Waals surface area contributed by atoms with Crippen LogP contribution in [0.2, 0.25) is 0 Å². The standard InChI is InChI=1S/C18H18N4O3/c23-16(20-11-12-7-9-19-10-8-12)6-5-15-18(25)21-14-4-2-1-3-13(14)17(24)22-15/h1-4,7-10,15H,5-6,11H2,(H,20,23)(H,21,25)(H,22,24). The van der Waals surface area contributed by atoms with Crippen LogP contribution in [-0.4, -0.2) is 28.7 Å². The van der Waals surface area contributed by atoms with Crippen LogP contribution in [-0.2, 0) is 16.1 Å². The number of carbonyl (C=O) groups excluding carboxylic acids is 3. The first kappa shape index (κ1) is 16.6. The van der Waals surface area contributed by atoms with Crippen LogP contribution in [0.25, 0.3) is 0 Å². The maximum Gasteiger partial charge on any atom is 0.254 e. The fraction of sp³-hybridized carbons (Fsp3) is 0.222. The Bertz CT molecular complexity index is 792. The predicted molar refractivity (Wildman–Crippen MR) is 91.6 cm³/mol. The van der Waals surface area contributed by atoms with Crippen LogP contribution in [0.5, 0.6) is 0 Å². The van der Waals surface area contributed by atoms with Crippen molar-refractivity contribution in [3.63, 3.8) is 0 Å². The maximum atomic E-state index is 12.2. The molecule has 0 radical (unpaired) electrons. The Morgan fingerprint density at radius 3 is 2.68 bits per heavy atom. The molecule has 0 saturated heterocycles. The van der Waals surface area contributed by atoms with Gasteiger partial charge in [0.15, 0.2) is 0 Å². The van der Waals surface area contributed by atoms with Crippen molar-refractivity contribution in [2.24, 2.45) is 0 Å². The highest BCUT2D eigenvalue weighted by Crippen LogP contribution is 2.19. The first-order valence-corrected chi connectivity index (χ1v) is 8.00. The molecule has 2 aromatic rings. The smallest absolute Gasteiger partial charge is 0.254 e. The molecular formula is C18H18N4O3. The monoisotopic (exact) mass is 338 g/mol. The molecule has 128 valence electrons. The summed E-state index contributed by atoms with van der Waals surface area (Å²) >= 11 is 0. The van der Waals surface area contributed by atoms with Crippen molar-refractivity contribution >= 4 is 23.4 Å². The summed E-state index contributed by atoms with van der Waals surface area (Å²) in [7, 11) is 0. The van der Waals surface area contributed by atoms with E-state index in [9.17, 15) is 14.4 Å². The largest absolute Gasteiger partial charge is 0.352 e. The van der Waals surface area contributed by atoms with Gasteiger partial charge in [-0.15, -0.1) is 0 Å². The molecule has 1 aromatic carbocycles. The maximum absolute atomic E-state index is 12.2. The molecule has 0 spiro atoms. The highest BCUT2D eigenvalue weighted by molar-refractivity contribution is 6.09. The Balaban J connectivity index is 1.54. The molecule has 1 unspecified atom stereocenters. The average Bonchev–Trinajstić information content (AvgIpc) is 2.75. The van der Waals surface area contributed by atoms with Crippen LogP contribution in [0.1, 0.15) is 28.8 Å². The fourth-order valence-electron chi connectivity index (χ4n) is 2.58. The summed E-state index contributed by atoms with van der Waals surface area (Å²) in [5.41, 5.74) is 1.84. The number of para-hydroxylation sites is 1. The van der Waals surface area contributed by atoms with Gasteiger partial charge in [0.2, 0.25) is 11.8 Å². The first-order chi connectivity index (χ1) is 12.1. The Kier molecular flexibility index (Phi) is 5.03. The number of nitrogens with one attached hydrogen (secondary N) is 3. The summed E-state index contributed by atoms with van der Waals surface area (Å²) < 4.78 is 0. The summed E-state index contributed by atoms with van der Waals surface area (Å²) in [6.07, 6.45) is 3.68. The molecule has 2 heterocycles. The molecule has 0 aliphatic carbocycles. The zero-order valence-corrected chi connectivity index (χ0v) is 13.5. The summed E-state index contributed by atoms with van der Waals surface area (Å²) in [5, 5.41) is 8.18. The number of rotatable bonds is 5. The van der Waals surface area contributed by atoms with Gasteiger partial charge < -0.3 is 16.0 Å². The third-order valence-corrected chi connectivity index (χ3v) is 3.95. The minimum atomic E-state index is -0.744. The van der Waals surface area contributed by atoms with Crippen molar-refractivity contribution in [3.8, 4) is 0 Å². The lowest BCUT2D eigenvalue weighted by atomic mass is 10.1. The van der Waals surface area contributed by atoms with Gasteiger partial charge in [0, 0.05) is 25.4 Å². The van der Waals surface area contributed by atoms with E-state index in [1.165, 1.54) is 0 Å². The first-order valence-electron chi connectivity index (χ1n) is 8.00. The molecule has 3 rings (SSSR count). The average molecular weight is 338 g/mol. The van der Waals surface area contributed by atoms with E-state index in [2.05, 4.69) is 20.9 Å². The minimum Gasteiger partial charge on any atom is -0.352 e. The number of hydrogen-bond acceptors (Lipinski definition) is 4. The van der Waals surface area contributed by atoms with Crippen molar-refractivity contribution in [1.82, 2.24) is 15.6 Å². The number of hydrogen-bond donors (Lipinski definition) is 3. The third kappa shape index (κ3) is 4.20. The summed E-state index contributed by atoms with van der Waals surface area (Å²) in [5.74, 6) is -0.822. The lowest BCUT2D eigenvalue weighted by Gasteiger charge is -2.14. The number of benzene rings is 1. The molecule has 3 N–H and O–H groups in total. The lowest BCUT2D eigenvalue weighted by molar-refractivity contribution is -0.122. The molecule has 25 heavy (non-hydrogen) atoms. The number of amides is 3. The van der Waals surface area contributed by atoms with Gasteiger partial charge in [0.1, 0.15) is 6.04 Å². The van der Waals surface area contributed by atoms with Crippen molar-refractivity contribution in [3.05, 3.63) is 59.9 Å². The summed E-state index contributed by atoms with van der Waals surface area (Å²) in [6.45, 7) is 0.399. The Labute approximate surface area is 144 Å². The number of nitrogens with zero attached hydrogens (tertiary/aromatic N) is 1. The van der Waals surface area contributed by atoms with E-state index in [-0.39, 0.29) is 30.6 Å². The van der Waals surface area contributed by atoms with Gasteiger partial charge in [-0.3, -0.25) is 19.4 Å². The van der Waals surface area contributed by atoms with Crippen molar-refractivity contribution in [2.75, 3.05) is 5.32 Å². The summed E-state index contributed by atoms with van der Waals surface area (Å²) in [6, 6.07) is 9.70. The lowest BCUT2D eigenvalue weighted by Crippen LogP contribution is -2.42. The molecule has 1 aliphatic heterocycles. The fourth-order valence-corrected chi connectivity index (χ4v) is 2.58. The molecule has 1 aliphatic rings. The number of pyridine rings is 1. The second-order valence-electron chi connectivity index (χ2n) is 5.73. The SMILES string of the molecule is O=C(CCC1NC(=O)c2ccccc2NC1=O)NCc1ccncc1. The van der Waals surface area contributed by atoms with Gasteiger partial charge in [0.05, 0.1) is 11.3 Å². The minimum absolute atomic E-state index is 0.139. The molecule has 7 heteroatoms. The van der Waals surface area contributed by atoms with E-state index < -0.39 is 6.04 Å². The van der Waals surface area contributed by atoms with E-state index in [1.807, 2.05) is 12.1 Å². The number of anilines is 1. The van der Waals surface area contributed by atoms with E-state index in [0.29, 0.717) is 17.8 Å². The van der Waals surface area contributed by atoms with E-state index in [0.717, 1.165) is 5.56 Å². The van der Waals surface area contributed by atoms with E-state index in [4.69, 9.17) is 0 Å². The molecular weight excluding hydrogens is 320 g/mol. The van der Waals surface area contributed by atoms with Crippen LogP contribution in [0.3, 0.4) is 0 Å². The zero-order chi connectivity index (χ0) is 17.6. The highest BCUT2D eigenvalue weighted by atomic mass is 16.2. The second-order valence-corrected chi connectivity index (χ2v) is 5.73. The number of fused-ring (bicyclic) bond motifs is 1. The molecule has 3 amide bonds. The Hall–Kier alpha value is -3.22. The van der Waals surface area contributed by atoms with Gasteiger partial charge in [-0.25, -0.2) is 0 Å². The highest BCUT2D eigenvalue weighted by Gasteiger charge is 2.27. The molecule has 1 atom stereocenters. The van der Waals surface area contributed by atoms with Gasteiger partial charge in [-0.2, -0.15) is 0 Å². The molecule has 1 aromatic heterocycles. The topological polar surface area (TPSA) is 100 Å². The van der Waals surface area contributed by atoms with Crippen LogP contribution in [0, 0.1) is 0 Å². The van der Waals surface area contributed by atoms with Crippen LogP contribution >= 0.6 is 0 Å². The van der Waals surface area contributed by atoms with Gasteiger partial charge in [-0.1, -0.05) is 12.1 Å². The number of aromatic nitrogens is 1. The van der Waals surface area contributed by atoms with E-state index >= 15 is 0 Å². The normalized spacial score (nSPS) is 16.2. The zero-order valence-electron chi connectivity index (χ0n) is 13.5. The van der Waals surface area contributed by atoms with Crippen LogP contribution in [0.4, 0.5) is 5.69 Å². The van der Waals surface area contributed by atoms with Crippen LogP contribution < -0.4 is 16.0 Å². The molecule has 0 fully saturated rings. The molecule has 7 nitrogen and oxygen atoms in total. The van der Waals surface area contributed by atoms with Crippen LogP contribution in [0.15, 0.2) is 48.8 Å². The Morgan fingerprint density at radius 2 is 1.88 bits per heavy atom. The second kappa shape index (κ2) is 7.57. The molecule has 0 saturated carbocycles. The summed E-state index contributed by atoms with van der Waals surface area (Å²) in [4.78, 5) is 40.4. The van der Waals surface area contributed by atoms with Gasteiger partial charge >= 0.3 is 0 Å². The number of carbonyl (C=O) groups is 3. The van der Waals surface area contributed by atoms with Crippen molar-refractivity contribution in [2.45, 2.75) is 25.4 Å². The third-order valence-electron chi connectivity index (χ3n) is 3.95. The quantitative estimate of drug-likeness (QED) is 0.763.